The summed E-state index contributed by atoms with van der Waals surface area (Å²) in [5.74, 6) is 0.335. The third-order valence-electron chi connectivity index (χ3n) is 2.97. The summed E-state index contributed by atoms with van der Waals surface area (Å²) in [7, 11) is 0. The van der Waals surface area contributed by atoms with Crippen LogP contribution in [0, 0.1) is 0 Å². The highest BCUT2D eigenvalue weighted by molar-refractivity contribution is 5.79. The van der Waals surface area contributed by atoms with Gasteiger partial charge in [0.25, 0.3) is 0 Å². The van der Waals surface area contributed by atoms with Crippen LogP contribution in [-0.2, 0) is 0 Å². The quantitative estimate of drug-likeness (QED) is 0.312. The second-order valence-corrected chi connectivity index (χ2v) is 4.08. The molecule has 1 atom stereocenters. The van der Waals surface area contributed by atoms with Crippen molar-refractivity contribution in [1.29, 1.82) is 0 Å². The van der Waals surface area contributed by atoms with Crippen LogP contribution in [0.2, 0.25) is 0 Å². The fourth-order valence-electron chi connectivity index (χ4n) is 1.97. The molecule has 1 fully saturated rings. The lowest BCUT2D eigenvalue weighted by Gasteiger charge is -2.26. The number of hydrogen-bond donors (Lipinski definition) is 2. The Morgan fingerprint density at radius 3 is 3.00 bits per heavy atom. The topological polar surface area (TPSA) is 61.8 Å². The van der Waals surface area contributed by atoms with Gasteiger partial charge in [0.1, 0.15) is 5.84 Å². The number of hydrogen-bond acceptors (Lipinski definition) is 3. The van der Waals surface area contributed by atoms with Crippen LogP contribution >= 0.6 is 0 Å². The Hall–Kier alpha value is -0.770. The molecule has 0 aromatic carbocycles. The number of amidine groups is 1. The van der Waals surface area contributed by atoms with Gasteiger partial charge in [-0.3, -0.25) is 0 Å². The Morgan fingerprint density at radius 1 is 1.50 bits per heavy atom. The first kappa shape index (κ1) is 11.3. The van der Waals surface area contributed by atoms with Crippen molar-refractivity contribution in [2.75, 3.05) is 13.1 Å². The van der Waals surface area contributed by atoms with E-state index in [1.54, 1.807) is 0 Å². The molecule has 1 rings (SSSR count). The standard InChI is InChI=1S/C10H21N3O/c1-9-5-3-2-4-7-13(9)8-6-10(11)12-14/h9,14H,2-8H2,1H3,(H2,11,12). The minimum Gasteiger partial charge on any atom is -0.409 e. The van der Waals surface area contributed by atoms with Crippen molar-refractivity contribution in [2.24, 2.45) is 10.9 Å². The lowest BCUT2D eigenvalue weighted by molar-refractivity contribution is 0.218. The van der Waals surface area contributed by atoms with E-state index < -0.39 is 0 Å². The molecule has 1 aliphatic rings. The highest BCUT2D eigenvalue weighted by atomic mass is 16.4. The second-order valence-electron chi connectivity index (χ2n) is 4.08. The van der Waals surface area contributed by atoms with Gasteiger partial charge in [-0.05, 0) is 26.3 Å². The zero-order chi connectivity index (χ0) is 10.4. The molecule has 0 aromatic heterocycles. The molecule has 4 nitrogen and oxygen atoms in total. The van der Waals surface area contributed by atoms with Gasteiger partial charge in [0.2, 0.25) is 0 Å². The smallest absolute Gasteiger partial charge is 0.140 e. The molecule has 0 amide bonds. The van der Waals surface area contributed by atoms with Crippen molar-refractivity contribution in [2.45, 2.75) is 45.1 Å². The third-order valence-corrected chi connectivity index (χ3v) is 2.97. The lowest BCUT2D eigenvalue weighted by atomic mass is 10.1. The molecule has 1 saturated heterocycles. The normalized spacial score (nSPS) is 26.1. The van der Waals surface area contributed by atoms with Gasteiger partial charge in [-0.15, -0.1) is 0 Å². The van der Waals surface area contributed by atoms with E-state index in [0.29, 0.717) is 18.3 Å². The molecule has 4 heteroatoms. The first-order valence-electron chi connectivity index (χ1n) is 5.44. The van der Waals surface area contributed by atoms with Gasteiger partial charge in [0.15, 0.2) is 0 Å². The molecule has 1 heterocycles. The summed E-state index contributed by atoms with van der Waals surface area (Å²) in [6.45, 7) is 4.33. The number of nitrogens with two attached hydrogens (primary N) is 1. The molecule has 0 bridgehead atoms. The maximum absolute atomic E-state index is 8.43. The molecule has 0 radical (unpaired) electrons. The van der Waals surface area contributed by atoms with Gasteiger partial charge in [-0.1, -0.05) is 18.0 Å². The second kappa shape index (κ2) is 5.86. The highest BCUT2D eigenvalue weighted by Gasteiger charge is 2.16. The van der Waals surface area contributed by atoms with Gasteiger partial charge in [0.05, 0.1) is 0 Å². The maximum atomic E-state index is 8.43. The molecule has 1 unspecified atom stereocenters. The monoisotopic (exact) mass is 199 g/mol. The van der Waals surface area contributed by atoms with Crippen LogP contribution in [0.3, 0.4) is 0 Å². The van der Waals surface area contributed by atoms with Crippen LogP contribution in [0.4, 0.5) is 0 Å². The summed E-state index contributed by atoms with van der Waals surface area (Å²) in [4.78, 5) is 2.44. The first-order chi connectivity index (χ1) is 6.74. The van der Waals surface area contributed by atoms with Crippen molar-refractivity contribution in [3.05, 3.63) is 0 Å². The number of rotatable bonds is 3. The van der Waals surface area contributed by atoms with Crippen molar-refractivity contribution in [3.63, 3.8) is 0 Å². The molecule has 3 N–H and O–H groups in total. The molecule has 0 spiro atoms. The fraction of sp³-hybridized carbons (Fsp3) is 0.900. The fourth-order valence-corrected chi connectivity index (χ4v) is 1.97. The zero-order valence-corrected chi connectivity index (χ0v) is 8.95. The average molecular weight is 199 g/mol. The van der Waals surface area contributed by atoms with Gasteiger partial charge < -0.3 is 15.8 Å². The van der Waals surface area contributed by atoms with E-state index in [4.69, 9.17) is 10.9 Å². The van der Waals surface area contributed by atoms with Gasteiger partial charge >= 0.3 is 0 Å². The molecule has 82 valence electrons. The van der Waals surface area contributed by atoms with E-state index >= 15 is 0 Å². The predicted molar refractivity (Wildman–Crippen MR) is 57.5 cm³/mol. The summed E-state index contributed by atoms with van der Waals surface area (Å²) in [6.07, 6.45) is 5.89. The van der Waals surface area contributed by atoms with Gasteiger partial charge in [-0.25, -0.2) is 0 Å². The van der Waals surface area contributed by atoms with E-state index in [-0.39, 0.29) is 0 Å². The van der Waals surface area contributed by atoms with E-state index in [1.165, 1.54) is 25.7 Å². The zero-order valence-electron chi connectivity index (χ0n) is 8.95. The molecule has 0 aromatic rings. The van der Waals surface area contributed by atoms with Gasteiger partial charge in [0, 0.05) is 19.0 Å². The highest BCUT2D eigenvalue weighted by Crippen LogP contribution is 2.16. The summed E-state index contributed by atoms with van der Waals surface area (Å²) in [5.41, 5.74) is 5.45. The summed E-state index contributed by atoms with van der Waals surface area (Å²) < 4.78 is 0. The summed E-state index contributed by atoms with van der Waals surface area (Å²) in [5, 5.41) is 11.4. The van der Waals surface area contributed by atoms with E-state index in [1.807, 2.05) is 0 Å². The molecule has 0 saturated carbocycles. The Labute approximate surface area is 85.8 Å². The van der Waals surface area contributed by atoms with Crippen molar-refractivity contribution in [1.82, 2.24) is 4.90 Å². The molecule has 0 aliphatic carbocycles. The maximum Gasteiger partial charge on any atom is 0.140 e. The number of likely N-dealkylation sites (tertiary alicyclic amines) is 1. The van der Waals surface area contributed by atoms with Crippen LogP contribution in [0.15, 0.2) is 5.16 Å². The lowest BCUT2D eigenvalue weighted by Crippen LogP contribution is -2.35. The predicted octanol–water partition coefficient (Wildman–Crippen LogP) is 1.39. The Morgan fingerprint density at radius 2 is 2.29 bits per heavy atom. The van der Waals surface area contributed by atoms with Crippen molar-refractivity contribution in [3.8, 4) is 0 Å². The molecular weight excluding hydrogens is 178 g/mol. The molecule has 1 aliphatic heterocycles. The van der Waals surface area contributed by atoms with Crippen LogP contribution < -0.4 is 5.73 Å². The Bertz CT molecular complexity index is 194. The minimum absolute atomic E-state index is 0.335. The van der Waals surface area contributed by atoms with Crippen LogP contribution in [0.1, 0.15) is 39.0 Å². The Kier molecular flexibility index (Phi) is 4.73. The SMILES string of the molecule is CC1CCCCCN1CCC(N)=NO. The average Bonchev–Trinajstić information content (AvgIpc) is 2.39. The third kappa shape index (κ3) is 3.54. The number of oxime groups is 1. The first-order valence-corrected chi connectivity index (χ1v) is 5.44. The minimum atomic E-state index is 0.335. The number of nitrogens with zero attached hydrogens (tertiary/aromatic N) is 2. The molecule has 14 heavy (non-hydrogen) atoms. The van der Waals surface area contributed by atoms with Crippen molar-refractivity contribution < 1.29 is 5.21 Å². The van der Waals surface area contributed by atoms with E-state index in [0.717, 1.165) is 13.1 Å². The van der Waals surface area contributed by atoms with Crippen LogP contribution in [-0.4, -0.2) is 35.1 Å². The van der Waals surface area contributed by atoms with Crippen LogP contribution in [0.5, 0.6) is 0 Å². The van der Waals surface area contributed by atoms with E-state index in [9.17, 15) is 0 Å². The largest absolute Gasteiger partial charge is 0.409 e. The van der Waals surface area contributed by atoms with Gasteiger partial charge in [-0.2, -0.15) is 0 Å². The van der Waals surface area contributed by atoms with E-state index in [2.05, 4.69) is 17.0 Å². The summed E-state index contributed by atoms with van der Waals surface area (Å²) >= 11 is 0. The van der Waals surface area contributed by atoms with Crippen LogP contribution in [0.25, 0.3) is 0 Å². The summed E-state index contributed by atoms with van der Waals surface area (Å²) in [6, 6.07) is 0.643. The Balaban J connectivity index is 2.33. The molecular formula is C10H21N3O. The van der Waals surface area contributed by atoms with Crippen molar-refractivity contribution >= 4 is 5.84 Å².